The third kappa shape index (κ3) is 5.48. The van der Waals surface area contributed by atoms with Crippen molar-refractivity contribution in [2.45, 2.75) is 12.8 Å². The topological polar surface area (TPSA) is 48.5 Å². The molecule has 0 atom stereocenters. The van der Waals surface area contributed by atoms with E-state index >= 15 is 0 Å². The summed E-state index contributed by atoms with van der Waals surface area (Å²) >= 11 is 9.39. The molecule has 1 amide bonds. The Balaban J connectivity index is 1.47. The summed E-state index contributed by atoms with van der Waals surface area (Å²) in [5, 5.41) is 6.03. The first-order valence-electron chi connectivity index (χ1n) is 8.79. The zero-order valence-corrected chi connectivity index (χ0v) is 17.7. The summed E-state index contributed by atoms with van der Waals surface area (Å²) in [6.07, 6.45) is 3.17. The number of nitrogens with one attached hydrogen (secondary N) is 1. The van der Waals surface area contributed by atoms with Crippen molar-refractivity contribution in [3.63, 3.8) is 0 Å². The number of amides is 1. The molecule has 1 fully saturated rings. The SMILES string of the molecule is C=C(CCC(=O)Nc1nc(-c2ccccc2Cl)cs1)N1CCN(SC)CC1. The third-order valence-electron chi connectivity index (χ3n) is 4.49. The van der Waals surface area contributed by atoms with Crippen LogP contribution in [-0.2, 0) is 4.79 Å². The van der Waals surface area contributed by atoms with Gasteiger partial charge in [0.1, 0.15) is 0 Å². The van der Waals surface area contributed by atoms with E-state index in [9.17, 15) is 4.79 Å². The van der Waals surface area contributed by atoms with Crippen LogP contribution in [0.1, 0.15) is 12.8 Å². The van der Waals surface area contributed by atoms with Crippen LogP contribution in [0.2, 0.25) is 5.02 Å². The molecule has 3 rings (SSSR count). The molecule has 0 saturated carbocycles. The molecule has 2 aromatic rings. The Morgan fingerprint density at radius 1 is 1.30 bits per heavy atom. The van der Waals surface area contributed by atoms with Crippen LogP contribution in [-0.4, -0.2) is 52.5 Å². The van der Waals surface area contributed by atoms with Gasteiger partial charge in [-0.05, 0) is 18.7 Å². The number of carbonyl (C=O) groups is 1. The maximum atomic E-state index is 12.3. The van der Waals surface area contributed by atoms with Gasteiger partial charge in [0.25, 0.3) is 0 Å². The van der Waals surface area contributed by atoms with Crippen molar-refractivity contribution in [2.75, 3.05) is 37.8 Å². The Bertz CT molecular complexity index is 803. The monoisotopic (exact) mass is 422 g/mol. The molecule has 27 heavy (non-hydrogen) atoms. The highest BCUT2D eigenvalue weighted by atomic mass is 35.5. The molecule has 0 spiro atoms. The highest BCUT2D eigenvalue weighted by Crippen LogP contribution is 2.30. The predicted octanol–water partition coefficient (Wildman–Crippen LogP) is 4.59. The molecule has 1 N–H and O–H groups in total. The van der Waals surface area contributed by atoms with E-state index in [1.807, 2.05) is 29.6 Å². The number of carbonyl (C=O) groups excluding carboxylic acids is 1. The van der Waals surface area contributed by atoms with Gasteiger partial charge in [0.2, 0.25) is 5.91 Å². The van der Waals surface area contributed by atoms with Crippen molar-refractivity contribution in [3.8, 4) is 11.3 Å². The normalized spacial score (nSPS) is 15.0. The van der Waals surface area contributed by atoms with E-state index in [0.717, 1.165) is 43.1 Å². The predicted molar refractivity (Wildman–Crippen MR) is 116 cm³/mol. The van der Waals surface area contributed by atoms with E-state index in [2.05, 4.69) is 32.3 Å². The molecule has 2 heterocycles. The highest BCUT2D eigenvalue weighted by Gasteiger charge is 2.18. The molecule has 1 aromatic heterocycles. The molecule has 1 aromatic carbocycles. The first-order valence-corrected chi connectivity index (χ1v) is 11.2. The Labute approximate surface area is 173 Å². The smallest absolute Gasteiger partial charge is 0.226 e. The van der Waals surface area contributed by atoms with Gasteiger partial charge in [-0.3, -0.25) is 4.79 Å². The number of benzene rings is 1. The Morgan fingerprint density at radius 3 is 2.74 bits per heavy atom. The van der Waals surface area contributed by atoms with Crippen LogP contribution in [0.15, 0.2) is 41.9 Å². The highest BCUT2D eigenvalue weighted by molar-refractivity contribution is 7.96. The number of rotatable bonds is 7. The Morgan fingerprint density at radius 2 is 2.04 bits per heavy atom. The number of allylic oxidation sites excluding steroid dienone is 1. The number of hydrogen-bond donors (Lipinski definition) is 1. The van der Waals surface area contributed by atoms with Crippen molar-refractivity contribution >= 4 is 45.9 Å². The molecule has 1 aliphatic heterocycles. The lowest BCUT2D eigenvalue weighted by atomic mass is 10.2. The Hall–Kier alpha value is -1.54. The fourth-order valence-electron chi connectivity index (χ4n) is 2.91. The van der Waals surface area contributed by atoms with E-state index in [4.69, 9.17) is 11.6 Å². The van der Waals surface area contributed by atoms with Crippen LogP contribution in [0.5, 0.6) is 0 Å². The van der Waals surface area contributed by atoms with Crippen LogP contribution in [0.25, 0.3) is 11.3 Å². The van der Waals surface area contributed by atoms with Gasteiger partial charge in [0.15, 0.2) is 5.13 Å². The Kier molecular flexibility index (Phi) is 7.18. The molecule has 0 unspecified atom stereocenters. The van der Waals surface area contributed by atoms with E-state index < -0.39 is 0 Å². The van der Waals surface area contributed by atoms with E-state index in [0.29, 0.717) is 23.0 Å². The summed E-state index contributed by atoms with van der Waals surface area (Å²) in [6, 6.07) is 7.56. The lowest BCUT2D eigenvalue weighted by Crippen LogP contribution is -2.42. The summed E-state index contributed by atoms with van der Waals surface area (Å²) in [4.78, 5) is 19.0. The van der Waals surface area contributed by atoms with Gasteiger partial charge >= 0.3 is 0 Å². The second kappa shape index (κ2) is 9.59. The molecular weight excluding hydrogens is 400 g/mol. The minimum atomic E-state index is -0.0426. The second-order valence-corrected chi connectivity index (χ2v) is 8.38. The number of anilines is 1. The molecule has 5 nitrogen and oxygen atoms in total. The van der Waals surface area contributed by atoms with Crippen molar-refractivity contribution in [1.29, 1.82) is 0 Å². The molecule has 1 saturated heterocycles. The average molecular weight is 423 g/mol. The van der Waals surface area contributed by atoms with E-state index in [1.54, 1.807) is 11.9 Å². The van der Waals surface area contributed by atoms with Gasteiger partial charge in [-0.25, -0.2) is 9.29 Å². The van der Waals surface area contributed by atoms with Gasteiger partial charge < -0.3 is 10.2 Å². The van der Waals surface area contributed by atoms with Crippen molar-refractivity contribution < 1.29 is 4.79 Å². The van der Waals surface area contributed by atoms with Crippen molar-refractivity contribution in [2.24, 2.45) is 0 Å². The van der Waals surface area contributed by atoms with Crippen LogP contribution in [0, 0.1) is 0 Å². The maximum Gasteiger partial charge on any atom is 0.226 e. The summed E-state index contributed by atoms with van der Waals surface area (Å²) in [5.41, 5.74) is 2.67. The molecule has 0 bridgehead atoms. The number of thiazole rings is 1. The first kappa shape index (κ1) is 20.2. The number of hydrogen-bond acceptors (Lipinski definition) is 6. The molecule has 0 radical (unpaired) electrons. The maximum absolute atomic E-state index is 12.3. The summed E-state index contributed by atoms with van der Waals surface area (Å²) in [6.45, 7) is 8.14. The van der Waals surface area contributed by atoms with Crippen LogP contribution < -0.4 is 5.32 Å². The molecule has 8 heteroatoms. The summed E-state index contributed by atoms with van der Waals surface area (Å²) < 4.78 is 2.34. The fourth-order valence-corrected chi connectivity index (χ4v) is 4.40. The van der Waals surface area contributed by atoms with Crippen molar-refractivity contribution in [1.82, 2.24) is 14.2 Å². The van der Waals surface area contributed by atoms with Crippen LogP contribution in [0.3, 0.4) is 0 Å². The number of halogens is 1. The van der Waals surface area contributed by atoms with E-state index in [-0.39, 0.29) is 5.91 Å². The zero-order valence-electron chi connectivity index (χ0n) is 15.3. The lowest BCUT2D eigenvalue weighted by molar-refractivity contribution is -0.116. The van der Waals surface area contributed by atoms with E-state index in [1.165, 1.54) is 11.3 Å². The quantitative estimate of drug-likeness (QED) is 0.661. The van der Waals surface area contributed by atoms with Gasteiger partial charge in [0, 0.05) is 54.3 Å². The number of nitrogens with zero attached hydrogens (tertiary/aromatic N) is 3. The van der Waals surface area contributed by atoms with Crippen LogP contribution >= 0.6 is 34.9 Å². The van der Waals surface area contributed by atoms with Crippen molar-refractivity contribution in [3.05, 3.63) is 46.9 Å². The van der Waals surface area contributed by atoms with Gasteiger partial charge in [-0.1, -0.05) is 48.3 Å². The second-order valence-electron chi connectivity index (χ2n) is 6.23. The summed E-state index contributed by atoms with van der Waals surface area (Å²) in [7, 11) is 0. The first-order chi connectivity index (χ1) is 13.1. The minimum absolute atomic E-state index is 0.0426. The number of piperazine rings is 1. The molecular formula is C19H23ClN4OS2. The fraction of sp³-hybridized carbons (Fsp3) is 0.368. The zero-order chi connectivity index (χ0) is 19.2. The molecule has 1 aliphatic rings. The van der Waals surface area contributed by atoms with Gasteiger partial charge in [-0.2, -0.15) is 0 Å². The summed E-state index contributed by atoms with van der Waals surface area (Å²) in [5.74, 6) is -0.0426. The average Bonchev–Trinajstić information content (AvgIpc) is 3.14. The molecule has 144 valence electrons. The van der Waals surface area contributed by atoms with Gasteiger partial charge in [-0.15, -0.1) is 11.3 Å². The third-order valence-corrected chi connectivity index (χ3v) is 6.45. The lowest BCUT2D eigenvalue weighted by Gasteiger charge is -2.35. The largest absolute Gasteiger partial charge is 0.373 e. The van der Waals surface area contributed by atoms with Gasteiger partial charge in [0.05, 0.1) is 5.69 Å². The minimum Gasteiger partial charge on any atom is -0.373 e. The standard InChI is InChI=1S/C19H23ClN4OS2/c1-14(23-9-11-24(26-2)12-10-23)7-8-18(25)22-19-21-17(13-27-19)15-5-3-4-6-16(15)20/h3-6,13H,1,7-12H2,2H3,(H,21,22,25). The van der Waals surface area contributed by atoms with Crippen LogP contribution in [0.4, 0.5) is 5.13 Å². The molecule has 0 aliphatic carbocycles. The number of aromatic nitrogens is 1.